The van der Waals surface area contributed by atoms with E-state index in [2.05, 4.69) is 9.88 Å². The number of hydrogen-bond donors (Lipinski definition) is 0. The van der Waals surface area contributed by atoms with Crippen molar-refractivity contribution >= 4 is 11.7 Å². The molecule has 24 heavy (non-hydrogen) atoms. The van der Waals surface area contributed by atoms with Gasteiger partial charge >= 0.3 is 0 Å². The lowest BCUT2D eigenvalue weighted by atomic mass is 10.0. The highest BCUT2D eigenvalue weighted by molar-refractivity contribution is 6.07. The zero-order valence-corrected chi connectivity index (χ0v) is 13.8. The summed E-state index contributed by atoms with van der Waals surface area (Å²) in [5.74, 6) is -0.125. The Balaban J connectivity index is 1.62. The molecule has 0 aliphatic carbocycles. The number of carbonyl (C=O) groups excluding carboxylic acids is 2. The lowest BCUT2D eigenvalue weighted by Crippen LogP contribution is -2.48. The summed E-state index contributed by atoms with van der Waals surface area (Å²) in [5, 5.41) is 0. The van der Waals surface area contributed by atoms with E-state index in [4.69, 9.17) is 0 Å². The highest BCUT2D eigenvalue weighted by Gasteiger charge is 2.24. The molecule has 1 aliphatic heterocycles. The van der Waals surface area contributed by atoms with Gasteiger partial charge in [0.1, 0.15) is 0 Å². The van der Waals surface area contributed by atoms with Crippen LogP contribution in [0.3, 0.4) is 0 Å². The second-order valence-electron chi connectivity index (χ2n) is 6.03. The number of piperazine rings is 1. The van der Waals surface area contributed by atoms with Gasteiger partial charge in [0.2, 0.25) is 0 Å². The predicted molar refractivity (Wildman–Crippen MR) is 91.9 cm³/mol. The normalized spacial score (nSPS) is 15.3. The van der Waals surface area contributed by atoms with Crippen LogP contribution in [0.4, 0.5) is 0 Å². The maximum absolute atomic E-state index is 12.7. The van der Waals surface area contributed by atoms with Gasteiger partial charge in [0.25, 0.3) is 5.91 Å². The Morgan fingerprint density at radius 2 is 1.58 bits per heavy atom. The Hall–Kier alpha value is -2.53. The molecule has 3 rings (SSSR count). The summed E-state index contributed by atoms with van der Waals surface area (Å²) in [6, 6.07) is 11.1. The van der Waals surface area contributed by atoms with Crippen LogP contribution in [0.25, 0.3) is 0 Å². The fourth-order valence-electron chi connectivity index (χ4n) is 3.00. The summed E-state index contributed by atoms with van der Waals surface area (Å²) in [7, 11) is 0. The second-order valence-corrected chi connectivity index (χ2v) is 6.03. The van der Waals surface area contributed by atoms with Crippen molar-refractivity contribution in [3.8, 4) is 0 Å². The van der Waals surface area contributed by atoms with Crippen molar-refractivity contribution in [3.63, 3.8) is 0 Å². The zero-order valence-electron chi connectivity index (χ0n) is 13.8. The molecule has 2 aromatic rings. The predicted octanol–water partition coefficient (Wildman–Crippen LogP) is 2.24. The van der Waals surface area contributed by atoms with Crippen molar-refractivity contribution in [1.82, 2.24) is 14.8 Å². The topological polar surface area (TPSA) is 53.5 Å². The van der Waals surface area contributed by atoms with Gasteiger partial charge < -0.3 is 4.90 Å². The quantitative estimate of drug-likeness (QED) is 0.810. The number of nitrogens with zero attached hydrogens (tertiary/aromatic N) is 3. The van der Waals surface area contributed by atoms with Gasteiger partial charge in [-0.25, -0.2) is 0 Å². The van der Waals surface area contributed by atoms with Crippen molar-refractivity contribution < 1.29 is 9.59 Å². The van der Waals surface area contributed by atoms with Crippen LogP contribution in [-0.2, 0) is 6.54 Å². The van der Waals surface area contributed by atoms with E-state index in [1.54, 1.807) is 36.7 Å². The summed E-state index contributed by atoms with van der Waals surface area (Å²) in [5.41, 5.74) is 2.24. The Labute approximate surface area is 141 Å². The molecule has 0 spiro atoms. The van der Waals surface area contributed by atoms with E-state index >= 15 is 0 Å². The first kappa shape index (κ1) is 16.3. The van der Waals surface area contributed by atoms with Crippen LogP contribution in [0.2, 0.25) is 0 Å². The molecule has 0 saturated carbocycles. The first-order chi connectivity index (χ1) is 11.6. The number of carbonyl (C=O) groups is 2. The number of amides is 1. The molecule has 0 N–H and O–H groups in total. The molecule has 1 amide bonds. The van der Waals surface area contributed by atoms with E-state index in [0.29, 0.717) is 24.2 Å². The van der Waals surface area contributed by atoms with E-state index in [9.17, 15) is 9.59 Å². The SMILES string of the molecule is CC(=O)c1ccccc1C(=O)N1CCN(Cc2ccncc2)CC1. The fourth-order valence-corrected chi connectivity index (χ4v) is 3.00. The molecular formula is C19H21N3O2. The van der Waals surface area contributed by atoms with Gasteiger partial charge in [-0.3, -0.25) is 19.5 Å². The van der Waals surface area contributed by atoms with Gasteiger partial charge in [-0.1, -0.05) is 18.2 Å². The monoisotopic (exact) mass is 323 g/mol. The van der Waals surface area contributed by atoms with Crippen molar-refractivity contribution in [2.24, 2.45) is 0 Å². The van der Waals surface area contributed by atoms with Crippen LogP contribution in [0, 0.1) is 0 Å². The highest BCUT2D eigenvalue weighted by atomic mass is 16.2. The third-order valence-electron chi connectivity index (χ3n) is 4.35. The van der Waals surface area contributed by atoms with Crippen LogP contribution >= 0.6 is 0 Å². The third-order valence-corrected chi connectivity index (χ3v) is 4.35. The molecule has 0 atom stereocenters. The maximum atomic E-state index is 12.7. The molecule has 1 saturated heterocycles. The minimum absolute atomic E-state index is 0.0515. The first-order valence-corrected chi connectivity index (χ1v) is 8.15. The molecule has 1 aliphatic rings. The Kier molecular flexibility index (Phi) is 5.01. The number of rotatable bonds is 4. The van der Waals surface area contributed by atoms with E-state index < -0.39 is 0 Å². The van der Waals surface area contributed by atoms with E-state index in [-0.39, 0.29) is 11.7 Å². The number of aromatic nitrogens is 1. The summed E-state index contributed by atoms with van der Waals surface area (Å²) in [6.45, 7) is 5.38. The van der Waals surface area contributed by atoms with E-state index in [1.165, 1.54) is 12.5 Å². The van der Waals surface area contributed by atoms with Gasteiger partial charge in [0.15, 0.2) is 5.78 Å². The standard InChI is InChI=1S/C19H21N3O2/c1-15(23)17-4-2-3-5-18(17)19(24)22-12-10-21(11-13-22)14-16-6-8-20-9-7-16/h2-9H,10-14H2,1H3. The zero-order chi connectivity index (χ0) is 16.9. The number of hydrogen-bond acceptors (Lipinski definition) is 4. The lowest BCUT2D eigenvalue weighted by Gasteiger charge is -2.35. The molecule has 1 aromatic heterocycles. The molecule has 0 radical (unpaired) electrons. The molecule has 1 aromatic carbocycles. The van der Waals surface area contributed by atoms with Crippen LogP contribution in [0.15, 0.2) is 48.8 Å². The number of pyridine rings is 1. The van der Waals surface area contributed by atoms with Gasteiger partial charge in [-0.2, -0.15) is 0 Å². The van der Waals surface area contributed by atoms with Gasteiger partial charge in [-0.15, -0.1) is 0 Å². The lowest BCUT2D eigenvalue weighted by molar-refractivity contribution is 0.0625. The Bertz CT molecular complexity index is 722. The Morgan fingerprint density at radius 3 is 2.21 bits per heavy atom. The molecule has 5 nitrogen and oxygen atoms in total. The summed E-state index contributed by atoms with van der Waals surface area (Å²) in [6.07, 6.45) is 3.60. The number of benzene rings is 1. The highest BCUT2D eigenvalue weighted by Crippen LogP contribution is 2.15. The number of Topliss-reactive ketones (excluding diaryl/α,β-unsaturated/α-hetero) is 1. The average molecular weight is 323 g/mol. The molecule has 0 unspecified atom stereocenters. The minimum Gasteiger partial charge on any atom is -0.336 e. The second kappa shape index (κ2) is 7.36. The minimum atomic E-state index is -0.0738. The summed E-state index contributed by atoms with van der Waals surface area (Å²) < 4.78 is 0. The van der Waals surface area contributed by atoms with Crippen molar-refractivity contribution in [2.45, 2.75) is 13.5 Å². The molecule has 2 heterocycles. The largest absolute Gasteiger partial charge is 0.336 e. The van der Waals surface area contributed by atoms with Gasteiger partial charge in [0, 0.05) is 50.7 Å². The van der Waals surface area contributed by atoms with Crippen molar-refractivity contribution in [2.75, 3.05) is 26.2 Å². The molecule has 124 valence electrons. The van der Waals surface area contributed by atoms with Crippen LogP contribution in [0.5, 0.6) is 0 Å². The molecule has 5 heteroatoms. The average Bonchev–Trinajstić information content (AvgIpc) is 2.62. The summed E-state index contributed by atoms with van der Waals surface area (Å²) >= 11 is 0. The summed E-state index contributed by atoms with van der Waals surface area (Å²) in [4.78, 5) is 32.7. The van der Waals surface area contributed by atoms with Crippen LogP contribution in [-0.4, -0.2) is 52.7 Å². The number of ketones is 1. The maximum Gasteiger partial charge on any atom is 0.254 e. The fraction of sp³-hybridized carbons (Fsp3) is 0.316. The third kappa shape index (κ3) is 3.68. The van der Waals surface area contributed by atoms with Gasteiger partial charge in [-0.05, 0) is 30.7 Å². The molecular weight excluding hydrogens is 302 g/mol. The Morgan fingerprint density at radius 1 is 0.958 bits per heavy atom. The van der Waals surface area contributed by atoms with Crippen molar-refractivity contribution in [1.29, 1.82) is 0 Å². The molecule has 0 bridgehead atoms. The van der Waals surface area contributed by atoms with E-state index in [1.807, 2.05) is 17.0 Å². The van der Waals surface area contributed by atoms with Crippen molar-refractivity contribution in [3.05, 3.63) is 65.5 Å². The molecule has 1 fully saturated rings. The van der Waals surface area contributed by atoms with Crippen LogP contribution < -0.4 is 0 Å². The first-order valence-electron chi connectivity index (χ1n) is 8.15. The van der Waals surface area contributed by atoms with Crippen LogP contribution in [0.1, 0.15) is 33.2 Å². The van der Waals surface area contributed by atoms with E-state index in [0.717, 1.165) is 19.6 Å². The van der Waals surface area contributed by atoms with Gasteiger partial charge in [0.05, 0.1) is 5.56 Å². The smallest absolute Gasteiger partial charge is 0.254 e.